The summed E-state index contributed by atoms with van der Waals surface area (Å²) in [5.74, 6) is 0. The molecule has 0 saturated heterocycles. The maximum atomic E-state index is 3.56. The normalized spacial score (nSPS) is 7.47. The number of hydrogen-bond donors (Lipinski definition) is 0. The van der Waals surface area contributed by atoms with Gasteiger partial charge in [0.2, 0.25) is 0 Å². The van der Waals surface area contributed by atoms with E-state index in [4.69, 9.17) is 0 Å². The van der Waals surface area contributed by atoms with Crippen LogP contribution in [0.1, 0.15) is 48.0 Å². The molecule has 0 aliphatic rings. The second-order valence-corrected chi connectivity index (χ2v) is 2.05. The van der Waals surface area contributed by atoms with Crippen LogP contribution in [0, 0.1) is 0 Å². The van der Waals surface area contributed by atoms with Crippen LogP contribution in [0.3, 0.4) is 0 Å². The van der Waals surface area contributed by atoms with Gasteiger partial charge in [-0.3, -0.25) is 0 Å². The molecule has 0 nitrogen and oxygen atoms in total. The fourth-order valence-corrected chi connectivity index (χ4v) is 0.254. The van der Waals surface area contributed by atoms with Gasteiger partial charge in [0.05, 0.1) is 0 Å². The maximum absolute atomic E-state index is 3.56. The highest BCUT2D eigenvalue weighted by Gasteiger charge is 1.68. The van der Waals surface area contributed by atoms with E-state index >= 15 is 0 Å². The molecule has 0 N–H and O–H groups in total. The van der Waals surface area contributed by atoms with Crippen molar-refractivity contribution < 1.29 is 0 Å². The lowest BCUT2D eigenvalue weighted by atomic mass is 10.3. The fourth-order valence-electron chi connectivity index (χ4n) is 0.254. The molecule has 0 heterocycles. The van der Waals surface area contributed by atoms with E-state index in [-0.39, 0.29) is 0 Å². The topological polar surface area (TPSA) is 0 Å². The third-order valence-corrected chi connectivity index (χ3v) is 0.991. The first-order valence-electron chi connectivity index (χ1n) is 5.75. The van der Waals surface area contributed by atoms with Crippen LogP contribution in [-0.4, -0.2) is 0 Å². The summed E-state index contributed by atoms with van der Waals surface area (Å²) in [6.07, 6.45) is 8.41. The van der Waals surface area contributed by atoms with Crippen LogP contribution < -0.4 is 0 Å². The first kappa shape index (κ1) is 23.6. The molecule has 0 bridgehead atoms. The Balaban J connectivity index is -0.0000000647. The molecule has 0 aliphatic heterocycles. The zero-order chi connectivity index (χ0) is 13.1. The van der Waals surface area contributed by atoms with E-state index in [0.717, 1.165) is 12.0 Å². The van der Waals surface area contributed by atoms with Crippen molar-refractivity contribution in [3.05, 3.63) is 49.6 Å². The van der Waals surface area contributed by atoms with Crippen LogP contribution in [0.25, 0.3) is 0 Å². The van der Waals surface area contributed by atoms with Gasteiger partial charge in [-0.1, -0.05) is 77.7 Å². The third kappa shape index (κ3) is 63.3. The molecule has 0 radical (unpaired) electrons. The van der Waals surface area contributed by atoms with E-state index in [0.29, 0.717) is 0 Å². The van der Waals surface area contributed by atoms with Crippen molar-refractivity contribution in [2.24, 2.45) is 0 Å². The molecule has 0 aromatic rings. The van der Waals surface area contributed by atoms with Crippen molar-refractivity contribution in [3.8, 4) is 0 Å². The molecular formula is C15H30. The van der Waals surface area contributed by atoms with Crippen molar-refractivity contribution in [2.75, 3.05) is 0 Å². The first-order valence-corrected chi connectivity index (χ1v) is 5.75. The van der Waals surface area contributed by atoms with E-state index in [9.17, 15) is 0 Å². The van der Waals surface area contributed by atoms with Crippen LogP contribution in [0.2, 0.25) is 0 Å². The highest BCUT2D eigenvalue weighted by Crippen LogP contribution is 1.90. The minimum Gasteiger partial charge on any atom is -0.103 e. The molecule has 0 rings (SSSR count). The van der Waals surface area contributed by atoms with Gasteiger partial charge in [-0.25, -0.2) is 0 Å². The van der Waals surface area contributed by atoms with Crippen LogP contribution in [-0.2, 0) is 0 Å². The van der Waals surface area contributed by atoms with Gasteiger partial charge in [0, 0.05) is 0 Å². The third-order valence-electron chi connectivity index (χ3n) is 0.991. The minimum absolute atomic E-state index is 1.08. The molecule has 0 unspecified atom stereocenters. The SMILES string of the molecule is C=C/C=C(/C)C=C.C=CCC.CC.CC. The quantitative estimate of drug-likeness (QED) is 0.399. The second-order valence-electron chi connectivity index (χ2n) is 2.05. The zero-order valence-corrected chi connectivity index (χ0v) is 11.6. The van der Waals surface area contributed by atoms with Crippen LogP contribution in [0.15, 0.2) is 49.6 Å². The van der Waals surface area contributed by atoms with Gasteiger partial charge in [-0.15, -0.1) is 6.58 Å². The monoisotopic (exact) mass is 210 g/mol. The van der Waals surface area contributed by atoms with E-state index < -0.39 is 0 Å². The molecular weight excluding hydrogens is 180 g/mol. The summed E-state index contributed by atoms with van der Waals surface area (Å²) < 4.78 is 0. The summed E-state index contributed by atoms with van der Waals surface area (Å²) in [7, 11) is 0. The van der Waals surface area contributed by atoms with E-state index in [1.54, 1.807) is 12.2 Å². The van der Waals surface area contributed by atoms with Crippen LogP contribution in [0.5, 0.6) is 0 Å². The molecule has 90 valence electrons. The Morgan fingerprint density at radius 1 is 1.00 bits per heavy atom. The molecule has 0 spiro atoms. The summed E-state index contributed by atoms with van der Waals surface area (Å²) in [6, 6.07) is 0. The van der Waals surface area contributed by atoms with Crippen LogP contribution >= 0.6 is 0 Å². The van der Waals surface area contributed by atoms with Gasteiger partial charge in [0.25, 0.3) is 0 Å². The summed E-state index contributed by atoms with van der Waals surface area (Å²) in [5, 5.41) is 0. The lowest BCUT2D eigenvalue weighted by molar-refractivity contribution is 1.23. The molecule has 0 atom stereocenters. The summed E-state index contributed by atoms with van der Waals surface area (Å²) in [4.78, 5) is 0. The Morgan fingerprint density at radius 2 is 1.33 bits per heavy atom. The Hall–Kier alpha value is -1.04. The summed E-state index contributed by atoms with van der Waals surface area (Å²) in [6.45, 7) is 22.6. The lowest BCUT2D eigenvalue weighted by Crippen LogP contribution is -1.58. The first-order chi connectivity index (χ1) is 7.22. The molecule has 0 fully saturated rings. The van der Waals surface area contributed by atoms with Gasteiger partial charge in [-0.2, -0.15) is 0 Å². The van der Waals surface area contributed by atoms with Gasteiger partial charge in [0.15, 0.2) is 0 Å². The van der Waals surface area contributed by atoms with Crippen molar-refractivity contribution in [1.82, 2.24) is 0 Å². The standard InChI is InChI=1S/C7H10.C4H8.2C2H6/c1-4-6-7(3)5-2;1-3-4-2;2*1-2/h4-6H,1-2H2,3H3;3H,1,4H2,2H3;2*1-2H3/b7-6-;;;. The van der Waals surface area contributed by atoms with E-state index in [1.165, 1.54) is 0 Å². The Morgan fingerprint density at radius 3 is 1.40 bits per heavy atom. The second kappa shape index (κ2) is 38.3. The molecule has 0 aliphatic carbocycles. The smallest absolute Gasteiger partial charge is 0.0382 e. The van der Waals surface area contributed by atoms with Gasteiger partial charge < -0.3 is 0 Å². The average Bonchev–Trinajstić information content (AvgIpc) is 2.34. The molecule has 15 heavy (non-hydrogen) atoms. The van der Waals surface area contributed by atoms with Crippen molar-refractivity contribution in [3.63, 3.8) is 0 Å². The van der Waals surface area contributed by atoms with Gasteiger partial charge in [0.1, 0.15) is 0 Å². The highest BCUT2D eigenvalue weighted by atomic mass is 13.8. The predicted molar refractivity (Wildman–Crippen MR) is 77.3 cm³/mol. The molecule has 0 amide bonds. The van der Waals surface area contributed by atoms with Gasteiger partial charge >= 0.3 is 0 Å². The highest BCUT2D eigenvalue weighted by molar-refractivity contribution is 5.17. The van der Waals surface area contributed by atoms with E-state index in [2.05, 4.69) is 26.7 Å². The van der Waals surface area contributed by atoms with Crippen molar-refractivity contribution in [2.45, 2.75) is 48.0 Å². The Labute approximate surface area is 98.1 Å². The summed E-state index contributed by atoms with van der Waals surface area (Å²) in [5.41, 5.74) is 1.15. The average molecular weight is 210 g/mol. The summed E-state index contributed by atoms with van der Waals surface area (Å²) >= 11 is 0. The number of rotatable bonds is 3. The van der Waals surface area contributed by atoms with Crippen LogP contribution in [0.4, 0.5) is 0 Å². The largest absolute Gasteiger partial charge is 0.103 e. The predicted octanol–water partition coefficient (Wildman–Crippen LogP) is 5.94. The van der Waals surface area contributed by atoms with Crippen molar-refractivity contribution >= 4 is 0 Å². The Kier molecular flexibility index (Phi) is 60.3. The fraction of sp³-hybridized carbons (Fsp3) is 0.467. The van der Waals surface area contributed by atoms with Gasteiger partial charge in [-0.05, 0) is 13.3 Å². The maximum Gasteiger partial charge on any atom is -0.0382 e. The number of hydrogen-bond acceptors (Lipinski definition) is 0. The molecule has 0 saturated carbocycles. The molecule has 0 aromatic carbocycles. The van der Waals surface area contributed by atoms with Crippen molar-refractivity contribution in [1.29, 1.82) is 0 Å². The minimum atomic E-state index is 1.08. The lowest BCUT2D eigenvalue weighted by Gasteiger charge is -1.80. The Bertz CT molecular complexity index is 138. The zero-order valence-electron chi connectivity index (χ0n) is 11.6. The molecule has 0 heteroatoms. The molecule has 0 aromatic heterocycles. The number of allylic oxidation sites excluding steroid dienone is 5. The van der Waals surface area contributed by atoms with E-state index in [1.807, 2.05) is 46.8 Å².